The molecule has 1 atom stereocenters. The van der Waals surface area contributed by atoms with Crippen LogP contribution in [-0.4, -0.2) is 21.4 Å². The molecule has 0 unspecified atom stereocenters. The minimum Gasteiger partial charge on any atom is -0.346 e. The predicted octanol–water partition coefficient (Wildman–Crippen LogP) is 3.62. The van der Waals surface area contributed by atoms with E-state index < -0.39 is 10.8 Å². The molecular formula is C19H18N2O2S2. The SMILES string of the molecule is C[S@](=O)Cc1cccc(C(=O)NCc2nc(-c3ccccc3)cs2)c1. The van der Waals surface area contributed by atoms with E-state index in [-0.39, 0.29) is 5.91 Å². The lowest BCUT2D eigenvalue weighted by Gasteiger charge is -2.05. The van der Waals surface area contributed by atoms with E-state index in [1.165, 1.54) is 11.3 Å². The normalized spacial score (nSPS) is 11.9. The van der Waals surface area contributed by atoms with Crippen LogP contribution in [0.4, 0.5) is 0 Å². The van der Waals surface area contributed by atoms with E-state index in [0.717, 1.165) is 21.8 Å². The number of thiazole rings is 1. The fourth-order valence-corrected chi connectivity index (χ4v) is 3.82. The van der Waals surface area contributed by atoms with Gasteiger partial charge in [0.2, 0.25) is 0 Å². The lowest BCUT2D eigenvalue weighted by Crippen LogP contribution is -2.22. The van der Waals surface area contributed by atoms with Crippen molar-refractivity contribution < 1.29 is 9.00 Å². The minimum absolute atomic E-state index is 0.153. The van der Waals surface area contributed by atoms with E-state index in [2.05, 4.69) is 10.3 Å². The Bertz CT molecular complexity index is 891. The molecule has 3 rings (SSSR count). The van der Waals surface area contributed by atoms with Crippen LogP contribution in [0.5, 0.6) is 0 Å². The average Bonchev–Trinajstić information content (AvgIpc) is 3.09. The highest BCUT2D eigenvalue weighted by Gasteiger charge is 2.09. The smallest absolute Gasteiger partial charge is 0.251 e. The van der Waals surface area contributed by atoms with E-state index in [9.17, 15) is 9.00 Å². The third-order valence-corrected chi connectivity index (χ3v) is 5.17. The number of hydrogen-bond donors (Lipinski definition) is 1. The van der Waals surface area contributed by atoms with Crippen LogP contribution < -0.4 is 5.32 Å². The lowest BCUT2D eigenvalue weighted by atomic mass is 10.1. The molecule has 0 saturated carbocycles. The highest BCUT2D eigenvalue weighted by molar-refractivity contribution is 7.83. The summed E-state index contributed by atoms with van der Waals surface area (Å²) < 4.78 is 11.3. The zero-order valence-electron chi connectivity index (χ0n) is 13.8. The zero-order chi connectivity index (χ0) is 17.6. The number of carbonyl (C=O) groups is 1. The van der Waals surface area contributed by atoms with Gasteiger partial charge < -0.3 is 5.32 Å². The quantitative estimate of drug-likeness (QED) is 0.721. The summed E-state index contributed by atoms with van der Waals surface area (Å²) in [6.07, 6.45) is 1.65. The van der Waals surface area contributed by atoms with Crippen LogP contribution in [0.3, 0.4) is 0 Å². The average molecular weight is 370 g/mol. The van der Waals surface area contributed by atoms with Crippen molar-refractivity contribution in [1.82, 2.24) is 10.3 Å². The highest BCUT2D eigenvalue weighted by atomic mass is 32.2. The Morgan fingerprint density at radius 3 is 2.72 bits per heavy atom. The molecule has 0 fully saturated rings. The molecule has 1 amide bonds. The topological polar surface area (TPSA) is 59.1 Å². The van der Waals surface area contributed by atoms with Crippen molar-refractivity contribution in [2.24, 2.45) is 0 Å². The first-order chi connectivity index (χ1) is 12.1. The molecule has 4 nitrogen and oxygen atoms in total. The van der Waals surface area contributed by atoms with Crippen LogP contribution in [0.2, 0.25) is 0 Å². The molecule has 0 radical (unpaired) electrons. The van der Waals surface area contributed by atoms with Gasteiger partial charge in [-0.1, -0.05) is 42.5 Å². The van der Waals surface area contributed by atoms with Gasteiger partial charge in [-0.05, 0) is 17.7 Å². The number of rotatable bonds is 6. The van der Waals surface area contributed by atoms with Gasteiger partial charge in [-0.25, -0.2) is 4.98 Å². The third-order valence-electron chi connectivity index (χ3n) is 3.58. The fourth-order valence-electron chi connectivity index (χ4n) is 2.43. The van der Waals surface area contributed by atoms with Gasteiger partial charge in [0.15, 0.2) is 0 Å². The molecule has 25 heavy (non-hydrogen) atoms. The van der Waals surface area contributed by atoms with Gasteiger partial charge in [-0.15, -0.1) is 11.3 Å². The summed E-state index contributed by atoms with van der Waals surface area (Å²) in [5, 5.41) is 5.75. The van der Waals surface area contributed by atoms with Crippen molar-refractivity contribution in [3.63, 3.8) is 0 Å². The Balaban J connectivity index is 1.63. The molecule has 0 aliphatic rings. The number of carbonyl (C=O) groups excluding carboxylic acids is 1. The first kappa shape index (κ1) is 17.5. The van der Waals surface area contributed by atoms with Gasteiger partial charge in [-0.3, -0.25) is 9.00 Å². The number of nitrogens with zero attached hydrogens (tertiary/aromatic N) is 1. The first-order valence-electron chi connectivity index (χ1n) is 7.79. The second kappa shape index (κ2) is 8.18. The molecule has 1 aromatic heterocycles. The Morgan fingerprint density at radius 1 is 1.16 bits per heavy atom. The number of hydrogen-bond acceptors (Lipinski definition) is 4. The van der Waals surface area contributed by atoms with Crippen LogP contribution in [0.25, 0.3) is 11.3 Å². The number of benzene rings is 2. The summed E-state index contributed by atoms with van der Waals surface area (Å²) in [4.78, 5) is 16.9. The molecule has 0 aliphatic heterocycles. The Labute approximate surface area is 153 Å². The van der Waals surface area contributed by atoms with Crippen molar-refractivity contribution >= 4 is 28.0 Å². The van der Waals surface area contributed by atoms with Crippen molar-refractivity contribution in [3.8, 4) is 11.3 Å². The molecule has 6 heteroatoms. The van der Waals surface area contributed by atoms with Gasteiger partial charge in [0, 0.05) is 39.3 Å². The molecule has 128 valence electrons. The van der Waals surface area contributed by atoms with E-state index in [1.54, 1.807) is 18.4 Å². The summed E-state index contributed by atoms with van der Waals surface area (Å²) in [7, 11) is -0.927. The molecule has 0 aliphatic carbocycles. The first-order valence-corrected chi connectivity index (χ1v) is 10.4. The Hall–Kier alpha value is -2.31. The molecule has 0 spiro atoms. The summed E-state index contributed by atoms with van der Waals surface area (Å²) in [5.41, 5.74) is 3.45. The van der Waals surface area contributed by atoms with Crippen molar-refractivity contribution in [2.45, 2.75) is 12.3 Å². The minimum atomic E-state index is -0.927. The standard InChI is InChI=1S/C19H18N2O2S2/c1-25(23)13-14-6-5-9-16(10-14)19(22)20-11-18-21-17(12-24-18)15-7-3-2-4-8-15/h2-10,12H,11,13H2,1H3,(H,20,22)/t25-/m0/s1. The Morgan fingerprint density at radius 2 is 1.96 bits per heavy atom. The zero-order valence-corrected chi connectivity index (χ0v) is 15.4. The van der Waals surface area contributed by atoms with Crippen LogP contribution in [0.15, 0.2) is 60.0 Å². The number of nitrogens with one attached hydrogen (secondary N) is 1. The molecule has 0 bridgehead atoms. The van der Waals surface area contributed by atoms with E-state index >= 15 is 0 Å². The third kappa shape index (κ3) is 4.84. The fraction of sp³-hybridized carbons (Fsp3) is 0.158. The maximum atomic E-state index is 12.3. The Kier molecular flexibility index (Phi) is 5.73. The van der Waals surface area contributed by atoms with Crippen LogP contribution in [0.1, 0.15) is 20.9 Å². The number of amides is 1. The molecule has 0 saturated heterocycles. The highest BCUT2D eigenvalue weighted by Crippen LogP contribution is 2.21. The molecular weight excluding hydrogens is 352 g/mol. The van der Waals surface area contributed by atoms with Crippen molar-refractivity contribution in [1.29, 1.82) is 0 Å². The second-order valence-corrected chi connectivity index (χ2v) is 7.97. The van der Waals surface area contributed by atoms with Gasteiger partial charge in [0.25, 0.3) is 5.91 Å². The van der Waals surface area contributed by atoms with E-state index in [0.29, 0.717) is 17.9 Å². The van der Waals surface area contributed by atoms with E-state index in [1.807, 2.05) is 47.8 Å². The maximum absolute atomic E-state index is 12.3. The maximum Gasteiger partial charge on any atom is 0.251 e. The molecule has 2 aromatic carbocycles. The summed E-state index contributed by atoms with van der Waals surface area (Å²) >= 11 is 1.53. The van der Waals surface area contributed by atoms with Crippen molar-refractivity contribution in [2.75, 3.05) is 6.26 Å². The lowest BCUT2D eigenvalue weighted by molar-refractivity contribution is 0.0951. The van der Waals surface area contributed by atoms with Crippen LogP contribution in [0, 0.1) is 0 Å². The summed E-state index contributed by atoms with van der Waals surface area (Å²) in [5.74, 6) is 0.300. The molecule has 1 N–H and O–H groups in total. The van der Waals surface area contributed by atoms with Gasteiger partial charge in [0.1, 0.15) is 5.01 Å². The summed E-state index contributed by atoms with van der Waals surface area (Å²) in [6, 6.07) is 17.2. The van der Waals surface area contributed by atoms with Gasteiger partial charge in [0.05, 0.1) is 12.2 Å². The monoisotopic (exact) mass is 370 g/mol. The number of aromatic nitrogens is 1. The van der Waals surface area contributed by atoms with Crippen LogP contribution >= 0.6 is 11.3 Å². The van der Waals surface area contributed by atoms with Crippen molar-refractivity contribution in [3.05, 3.63) is 76.1 Å². The summed E-state index contributed by atoms with van der Waals surface area (Å²) in [6.45, 7) is 0.389. The van der Waals surface area contributed by atoms with Crippen LogP contribution in [-0.2, 0) is 23.1 Å². The second-order valence-electron chi connectivity index (χ2n) is 5.59. The molecule has 3 aromatic rings. The largest absolute Gasteiger partial charge is 0.346 e. The van der Waals surface area contributed by atoms with Gasteiger partial charge >= 0.3 is 0 Å². The van der Waals surface area contributed by atoms with Gasteiger partial charge in [-0.2, -0.15) is 0 Å². The van der Waals surface area contributed by atoms with E-state index in [4.69, 9.17) is 0 Å². The predicted molar refractivity (Wildman–Crippen MR) is 103 cm³/mol. The molecule has 1 heterocycles.